The van der Waals surface area contributed by atoms with Crippen LogP contribution in [0.5, 0.6) is 0 Å². The number of para-hydroxylation sites is 1. The molecule has 2 aliphatic rings. The predicted molar refractivity (Wildman–Crippen MR) is 98.2 cm³/mol. The molecular formula is C20H23N3O2. The van der Waals surface area contributed by atoms with Crippen molar-refractivity contribution in [1.82, 2.24) is 4.98 Å². The van der Waals surface area contributed by atoms with Crippen LogP contribution in [-0.2, 0) is 16.0 Å². The third-order valence-corrected chi connectivity index (χ3v) is 5.08. The Labute approximate surface area is 148 Å². The molecule has 1 amide bonds. The van der Waals surface area contributed by atoms with Crippen LogP contribution in [0.25, 0.3) is 0 Å². The lowest BCUT2D eigenvalue weighted by atomic mass is 9.99. The van der Waals surface area contributed by atoms with Crippen molar-refractivity contribution in [2.45, 2.75) is 32.2 Å². The zero-order chi connectivity index (χ0) is 17.2. The van der Waals surface area contributed by atoms with Crippen molar-refractivity contribution in [2.24, 2.45) is 5.92 Å². The quantitative estimate of drug-likeness (QED) is 0.931. The molecule has 1 fully saturated rings. The Morgan fingerprint density at radius 1 is 1.20 bits per heavy atom. The normalized spacial score (nSPS) is 20.4. The molecule has 2 aromatic rings. The number of aromatic nitrogens is 1. The molecule has 25 heavy (non-hydrogen) atoms. The van der Waals surface area contributed by atoms with Crippen LogP contribution in [-0.4, -0.2) is 30.1 Å². The number of nitrogens with one attached hydrogen (secondary N) is 1. The maximum atomic E-state index is 12.3. The lowest BCUT2D eigenvalue weighted by Crippen LogP contribution is -2.29. The smallest absolute Gasteiger partial charge is 0.228 e. The summed E-state index contributed by atoms with van der Waals surface area (Å²) in [4.78, 5) is 19.1. The number of nitrogens with zero attached hydrogens (tertiary/aromatic N) is 2. The van der Waals surface area contributed by atoms with Gasteiger partial charge in [-0.1, -0.05) is 18.2 Å². The van der Waals surface area contributed by atoms with Crippen LogP contribution < -0.4 is 10.2 Å². The van der Waals surface area contributed by atoms with Gasteiger partial charge in [-0.2, -0.15) is 0 Å². The van der Waals surface area contributed by atoms with E-state index in [0.29, 0.717) is 25.1 Å². The Bertz CT molecular complexity index is 754. The van der Waals surface area contributed by atoms with Gasteiger partial charge in [0, 0.05) is 30.9 Å². The Hall–Kier alpha value is -2.40. The first-order valence-electron chi connectivity index (χ1n) is 8.94. The number of ether oxygens (including phenoxy) is 1. The summed E-state index contributed by atoms with van der Waals surface area (Å²) in [5, 5.41) is 2.94. The van der Waals surface area contributed by atoms with E-state index < -0.39 is 0 Å². The van der Waals surface area contributed by atoms with Crippen LogP contribution in [0.4, 0.5) is 17.2 Å². The minimum Gasteiger partial charge on any atom is -0.381 e. The Morgan fingerprint density at radius 2 is 2.00 bits per heavy atom. The van der Waals surface area contributed by atoms with E-state index in [1.165, 1.54) is 11.3 Å². The second-order valence-electron chi connectivity index (χ2n) is 6.83. The summed E-state index contributed by atoms with van der Waals surface area (Å²) >= 11 is 0. The summed E-state index contributed by atoms with van der Waals surface area (Å²) in [6.45, 7) is 3.55. The summed E-state index contributed by atoms with van der Waals surface area (Å²) in [5.74, 6) is 0.685. The minimum atomic E-state index is 0.0284. The van der Waals surface area contributed by atoms with E-state index in [4.69, 9.17) is 4.74 Å². The second kappa shape index (κ2) is 6.84. The van der Waals surface area contributed by atoms with E-state index in [9.17, 15) is 4.79 Å². The molecule has 130 valence electrons. The van der Waals surface area contributed by atoms with Crippen LogP contribution in [0.15, 0.2) is 42.6 Å². The number of benzene rings is 1. The first-order valence-corrected chi connectivity index (χ1v) is 8.94. The minimum absolute atomic E-state index is 0.0284. The molecule has 0 radical (unpaired) electrons. The highest BCUT2D eigenvalue weighted by Crippen LogP contribution is 2.37. The van der Waals surface area contributed by atoms with E-state index >= 15 is 0 Å². The molecule has 4 rings (SSSR count). The zero-order valence-electron chi connectivity index (χ0n) is 14.4. The number of fused-ring (bicyclic) bond motifs is 1. The maximum Gasteiger partial charge on any atom is 0.228 e. The highest BCUT2D eigenvalue weighted by Gasteiger charge is 2.27. The first-order chi connectivity index (χ1) is 12.2. The molecule has 3 heterocycles. The molecule has 5 heteroatoms. The fourth-order valence-electron chi connectivity index (χ4n) is 3.75. The van der Waals surface area contributed by atoms with Crippen LogP contribution in [0, 0.1) is 5.92 Å². The zero-order valence-corrected chi connectivity index (χ0v) is 14.4. The van der Waals surface area contributed by atoms with E-state index in [-0.39, 0.29) is 11.8 Å². The highest BCUT2D eigenvalue weighted by atomic mass is 16.5. The number of amides is 1. The van der Waals surface area contributed by atoms with Crippen LogP contribution >= 0.6 is 0 Å². The summed E-state index contributed by atoms with van der Waals surface area (Å²) in [6, 6.07) is 12.8. The van der Waals surface area contributed by atoms with Crippen molar-refractivity contribution in [3.05, 3.63) is 48.2 Å². The van der Waals surface area contributed by atoms with Crippen LogP contribution in [0.1, 0.15) is 25.3 Å². The van der Waals surface area contributed by atoms with Gasteiger partial charge in [0.15, 0.2) is 0 Å². The number of carbonyl (C=O) groups excluding carboxylic acids is 1. The van der Waals surface area contributed by atoms with Gasteiger partial charge in [0.25, 0.3) is 0 Å². The lowest BCUT2D eigenvalue weighted by Gasteiger charge is -2.25. The third-order valence-electron chi connectivity index (χ3n) is 5.08. The summed E-state index contributed by atoms with van der Waals surface area (Å²) in [5.41, 5.74) is 3.67. The Balaban J connectivity index is 1.48. The van der Waals surface area contributed by atoms with Gasteiger partial charge in [-0.05, 0) is 49.9 Å². The van der Waals surface area contributed by atoms with Crippen LogP contribution in [0.3, 0.4) is 0 Å². The van der Waals surface area contributed by atoms with Crippen molar-refractivity contribution >= 4 is 23.1 Å². The van der Waals surface area contributed by atoms with E-state index in [0.717, 1.165) is 24.9 Å². The number of hydrogen-bond acceptors (Lipinski definition) is 4. The highest BCUT2D eigenvalue weighted by molar-refractivity contribution is 5.91. The first kappa shape index (κ1) is 16.1. The van der Waals surface area contributed by atoms with Crippen molar-refractivity contribution in [3.63, 3.8) is 0 Å². The Kier molecular flexibility index (Phi) is 4.40. The van der Waals surface area contributed by atoms with Crippen molar-refractivity contribution in [1.29, 1.82) is 0 Å². The number of pyridine rings is 1. The van der Waals surface area contributed by atoms with Crippen LogP contribution in [0.2, 0.25) is 0 Å². The average molecular weight is 337 g/mol. The average Bonchev–Trinajstić information content (AvgIpc) is 2.99. The fraction of sp³-hybridized carbons (Fsp3) is 0.400. The summed E-state index contributed by atoms with van der Waals surface area (Å²) in [6.07, 6.45) is 4.45. The second-order valence-corrected chi connectivity index (χ2v) is 6.83. The largest absolute Gasteiger partial charge is 0.381 e. The third kappa shape index (κ3) is 3.24. The molecule has 1 N–H and O–H groups in total. The van der Waals surface area contributed by atoms with Gasteiger partial charge in [-0.3, -0.25) is 4.79 Å². The monoisotopic (exact) mass is 337 g/mol. The van der Waals surface area contributed by atoms with Gasteiger partial charge in [0.1, 0.15) is 5.82 Å². The summed E-state index contributed by atoms with van der Waals surface area (Å²) in [7, 11) is 0. The molecule has 1 aromatic heterocycles. The number of hydrogen-bond donors (Lipinski definition) is 1. The van der Waals surface area contributed by atoms with Crippen molar-refractivity contribution in [2.75, 3.05) is 23.4 Å². The summed E-state index contributed by atoms with van der Waals surface area (Å²) < 4.78 is 5.31. The number of rotatable bonds is 3. The standard InChI is InChI=1S/C20H23N3O2/c1-14-12-16-4-2-3-5-18(16)23(14)17-6-7-19(21-13-17)22-20(24)15-8-10-25-11-9-15/h2-7,13-15H,8-12H2,1H3,(H,21,22,24). The van der Waals surface area contributed by atoms with E-state index in [1.807, 2.05) is 18.3 Å². The van der Waals surface area contributed by atoms with Gasteiger partial charge in [0.2, 0.25) is 5.91 Å². The van der Waals surface area contributed by atoms with Gasteiger partial charge in [-0.25, -0.2) is 4.98 Å². The van der Waals surface area contributed by atoms with Crippen molar-refractivity contribution < 1.29 is 9.53 Å². The number of anilines is 3. The van der Waals surface area contributed by atoms with Gasteiger partial charge >= 0.3 is 0 Å². The molecule has 5 nitrogen and oxygen atoms in total. The molecule has 0 spiro atoms. The molecule has 0 saturated carbocycles. The Morgan fingerprint density at radius 3 is 2.76 bits per heavy atom. The molecule has 1 unspecified atom stereocenters. The van der Waals surface area contributed by atoms with E-state index in [2.05, 4.69) is 46.4 Å². The lowest BCUT2D eigenvalue weighted by molar-refractivity contribution is -0.122. The molecule has 1 atom stereocenters. The SMILES string of the molecule is CC1Cc2ccccc2N1c1ccc(NC(=O)C2CCOCC2)nc1. The topological polar surface area (TPSA) is 54.5 Å². The fourth-order valence-corrected chi connectivity index (χ4v) is 3.75. The van der Waals surface area contributed by atoms with Gasteiger partial charge in [0.05, 0.1) is 11.9 Å². The molecule has 0 aliphatic carbocycles. The van der Waals surface area contributed by atoms with Crippen molar-refractivity contribution in [3.8, 4) is 0 Å². The molecule has 1 aromatic carbocycles. The molecular weight excluding hydrogens is 314 g/mol. The predicted octanol–water partition coefficient (Wildman–Crippen LogP) is 3.53. The van der Waals surface area contributed by atoms with Gasteiger partial charge < -0.3 is 15.0 Å². The molecule has 1 saturated heterocycles. The number of carbonyl (C=O) groups is 1. The molecule has 0 bridgehead atoms. The van der Waals surface area contributed by atoms with Gasteiger partial charge in [-0.15, -0.1) is 0 Å². The molecule has 2 aliphatic heterocycles. The van der Waals surface area contributed by atoms with E-state index in [1.54, 1.807) is 0 Å². The maximum absolute atomic E-state index is 12.3.